The van der Waals surface area contributed by atoms with Crippen LogP contribution in [0.15, 0.2) is 50.8 Å². The first-order valence-corrected chi connectivity index (χ1v) is 11.0. The van der Waals surface area contributed by atoms with Crippen molar-refractivity contribution >= 4 is 39.0 Å². The van der Waals surface area contributed by atoms with Gasteiger partial charge < -0.3 is 14.6 Å². The van der Waals surface area contributed by atoms with Gasteiger partial charge in [-0.25, -0.2) is 9.78 Å². The number of aryl methyl sites for hydroxylation is 1. The maximum Gasteiger partial charge on any atom is 0.344 e. The minimum atomic E-state index is -1.08. The maximum absolute atomic E-state index is 13.1. The van der Waals surface area contributed by atoms with Gasteiger partial charge in [0, 0.05) is 10.9 Å². The third-order valence-electron chi connectivity index (χ3n) is 4.79. The van der Waals surface area contributed by atoms with Crippen LogP contribution in [0.5, 0.6) is 11.5 Å². The van der Waals surface area contributed by atoms with E-state index in [0.29, 0.717) is 40.2 Å². The average molecular weight is 502 g/mol. The molecule has 2 aromatic carbocycles. The second-order valence-electron chi connectivity index (χ2n) is 7.16. The van der Waals surface area contributed by atoms with E-state index in [1.54, 1.807) is 24.3 Å². The van der Waals surface area contributed by atoms with Gasteiger partial charge in [0.2, 0.25) is 0 Å². The van der Waals surface area contributed by atoms with Gasteiger partial charge in [-0.1, -0.05) is 29.3 Å². The smallest absolute Gasteiger partial charge is 0.344 e. The minimum Gasteiger partial charge on any atom is -0.493 e. The van der Waals surface area contributed by atoms with Crippen LogP contribution in [0.2, 0.25) is 0 Å². The number of aliphatic carboxylic acids is 1. The molecule has 9 heteroatoms. The molecular weight excluding hydrogens is 478 g/mol. The highest BCUT2D eigenvalue weighted by atomic mass is 79.9. The van der Waals surface area contributed by atoms with Crippen molar-refractivity contribution in [3.63, 3.8) is 0 Å². The fourth-order valence-corrected chi connectivity index (χ4v) is 3.40. The summed E-state index contributed by atoms with van der Waals surface area (Å²) in [4.78, 5) is 28.8. The van der Waals surface area contributed by atoms with E-state index in [4.69, 9.17) is 14.6 Å². The first-order valence-electron chi connectivity index (χ1n) is 10.2. The molecule has 0 spiro atoms. The Balaban J connectivity index is 2.00. The molecule has 1 atom stereocenters. The SMILES string of the molecule is CCCCc1nc2ccc(Br)cc2c(=O)n1N=Cc1ccc(O[C@@H](C)C(=O)O)c(OC)c1. The van der Waals surface area contributed by atoms with Gasteiger partial charge >= 0.3 is 5.97 Å². The lowest BCUT2D eigenvalue weighted by Crippen LogP contribution is -2.23. The van der Waals surface area contributed by atoms with Gasteiger partial charge in [0.25, 0.3) is 5.56 Å². The van der Waals surface area contributed by atoms with Crippen LogP contribution >= 0.6 is 15.9 Å². The number of hydrogen-bond acceptors (Lipinski definition) is 6. The van der Waals surface area contributed by atoms with Gasteiger partial charge in [-0.15, -0.1) is 0 Å². The lowest BCUT2D eigenvalue weighted by atomic mass is 10.2. The first-order chi connectivity index (χ1) is 15.3. The summed E-state index contributed by atoms with van der Waals surface area (Å²) in [7, 11) is 1.47. The molecule has 0 saturated heterocycles. The molecule has 1 N–H and O–H groups in total. The van der Waals surface area contributed by atoms with Gasteiger partial charge in [-0.2, -0.15) is 9.78 Å². The number of fused-ring (bicyclic) bond motifs is 1. The van der Waals surface area contributed by atoms with Crippen LogP contribution in [0.25, 0.3) is 10.9 Å². The Kier molecular flexibility index (Phi) is 7.63. The Bertz CT molecular complexity index is 1220. The zero-order valence-corrected chi connectivity index (χ0v) is 19.6. The summed E-state index contributed by atoms with van der Waals surface area (Å²) in [6, 6.07) is 10.4. The lowest BCUT2D eigenvalue weighted by molar-refractivity contribution is -0.144. The lowest BCUT2D eigenvalue weighted by Gasteiger charge is -2.14. The van der Waals surface area contributed by atoms with Crippen LogP contribution in [-0.2, 0) is 11.2 Å². The van der Waals surface area contributed by atoms with Crippen molar-refractivity contribution in [2.75, 3.05) is 7.11 Å². The van der Waals surface area contributed by atoms with Crippen LogP contribution in [0.4, 0.5) is 0 Å². The molecule has 0 saturated carbocycles. The number of nitrogens with zero attached hydrogens (tertiary/aromatic N) is 3. The number of rotatable bonds is 9. The molecule has 3 rings (SSSR count). The number of halogens is 1. The summed E-state index contributed by atoms with van der Waals surface area (Å²) in [5, 5.41) is 13.9. The monoisotopic (exact) mass is 501 g/mol. The number of ether oxygens (including phenoxy) is 2. The molecule has 0 amide bonds. The highest BCUT2D eigenvalue weighted by Gasteiger charge is 2.16. The normalized spacial score (nSPS) is 12.2. The van der Waals surface area contributed by atoms with Crippen LogP contribution in [0, 0.1) is 0 Å². The number of carboxylic acids is 1. The van der Waals surface area contributed by atoms with Crippen molar-refractivity contribution in [2.24, 2.45) is 5.10 Å². The summed E-state index contributed by atoms with van der Waals surface area (Å²) >= 11 is 3.40. The van der Waals surface area contributed by atoms with E-state index in [1.807, 2.05) is 12.1 Å². The molecular formula is C23H24BrN3O5. The number of benzene rings is 2. The minimum absolute atomic E-state index is 0.249. The van der Waals surface area contributed by atoms with Crippen LogP contribution in [0.1, 0.15) is 38.1 Å². The third kappa shape index (κ3) is 5.34. The van der Waals surface area contributed by atoms with Gasteiger partial charge in [0.15, 0.2) is 17.6 Å². The highest BCUT2D eigenvalue weighted by Crippen LogP contribution is 2.28. The quantitative estimate of drug-likeness (QED) is 0.439. The van der Waals surface area contributed by atoms with E-state index < -0.39 is 12.1 Å². The topological polar surface area (TPSA) is 103 Å². The molecule has 0 aliphatic heterocycles. The van der Waals surface area contributed by atoms with E-state index >= 15 is 0 Å². The van der Waals surface area contributed by atoms with Crippen molar-refractivity contribution in [3.05, 3.63) is 62.6 Å². The summed E-state index contributed by atoms with van der Waals surface area (Å²) in [5.74, 6) is 0.177. The molecule has 0 aliphatic rings. The number of unbranched alkanes of at least 4 members (excludes halogenated alkanes) is 1. The number of hydrogen-bond donors (Lipinski definition) is 1. The van der Waals surface area contributed by atoms with E-state index in [0.717, 1.165) is 17.3 Å². The Labute approximate surface area is 193 Å². The Morgan fingerprint density at radius 1 is 1.28 bits per heavy atom. The molecule has 0 aliphatic carbocycles. The summed E-state index contributed by atoms with van der Waals surface area (Å²) in [5.41, 5.74) is 1.03. The van der Waals surface area contributed by atoms with E-state index in [1.165, 1.54) is 24.9 Å². The molecule has 32 heavy (non-hydrogen) atoms. The van der Waals surface area contributed by atoms with Gasteiger partial charge in [-0.3, -0.25) is 4.79 Å². The predicted molar refractivity (Wildman–Crippen MR) is 126 cm³/mol. The zero-order valence-electron chi connectivity index (χ0n) is 18.0. The predicted octanol–water partition coefficient (Wildman–Crippen LogP) is 4.24. The van der Waals surface area contributed by atoms with E-state index in [2.05, 4.69) is 32.9 Å². The van der Waals surface area contributed by atoms with E-state index in [9.17, 15) is 9.59 Å². The molecule has 1 aromatic heterocycles. The van der Waals surface area contributed by atoms with Crippen molar-refractivity contribution in [1.29, 1.82) is 0 Å². The van der Waals surface area contributed by atoms with Crippen LogP contribution in [-0.4, -0.2) is 40.2 Å². The molecule has 0 fully saturated rings. The van der Waals surface area contributed by atoms with Crippen molar-refractivity contribution in [2.45, 2.75) is 39.2 Å². The van der Waals surface area contributed by atoms with Crippen LogP contribution in [0.3, 0.4) is 0 Å². The largest absolute Gasteiger partial charge is 0.493 e. The van der Waals surface area contributed by atoms with Crippen molar-refractivity contribution in [1.82, 2.24) is 9.66 Å². The standard InChI is InChI=1S/C23H24BrN3O5/c1-4-5-6-21-26-18-9-8-16(24)12-17(18)22(28)27(21)25-13-15-7-10-19(20(11-15)31-3)32-14(2)23(29)30/h7-14H,4-6H2,1-3H3,(H,29,30)/t14-/m0/s1. The molecule has 0 unspecified atom stereocenters. The molecule has 8 nitrogen and oxygen atoms in total. The number of aromatic nitrogens is 2. The van der Waals surface area contributed by atoms with Gasteiger partial charge in [0.1, 0.15) is 5.82 Å². The third-order valence-corrected chi connectivity index (χ3v) is 5.28. The number of carbonyl (C=O) groups is 1. The summed E-state index contributed by atoms with van der Waals surface area (Å²) < 4.78 is 12.9. The van der Waals surface area contributed by atoms with E-state index in [-0.39, 0.29) is 5.56 Å². The number of methoxy groups -OCH3 is 1. The first kappa shape index (κ1) is 23.5. The second-order valence-corrected chi connectivity index (χ2v) is 8.08. The Hall–Kier alpha value is -3.20. The fourth-order valence-electron chi connectivity index (χ4n) is 3.04. The molecule has 3 aromatic rings. The Morgan fingerprint density at radius 2 is 2.06 bits per heavy atom. The molecule has 1 heterocycles. The second kappa shape index (κ2) is 10.4. The number of carboxylic acid groups (broad SMARTS) is 1. The van der Waals surface area contributed by atoms with Crippen molar-refractivity contribution in [3.8, 4) is 11.5 Å². The molecule has 0 radical (unpaired) electrons. The molecule has 0 bridgehead atoms. The van der Waals surface area contributed by atoms with Gasteiger partial charge in [0.05, 0.1) is 24.2 Å². The molecule has 168 valence electrons. The summed E-state index contributed by atoms with van der Waals surface area (Å²) in [6.07, 6.45) is 2.98. The Morgan fingerprint density at radius 3 is 2.75 bits per heavy atom. The fraction of sp³-hybridized carbons (Fsp3) is 0.304. The maximum atomic E-state index is 13.1. The van der Waals surface area contributed by atoms with Crippen molar-refractivity contribution < 1.29 is 19.4 Å². The highest BCUT2D eigenvalue weighted by molar-refractivity contribution is 9.10. The summed E-state index contributed by atoms with van der Waals surface area (Å²) in [6.45, 7) is 3.51. The van der Waals surface area contributed by atoms with Gasteiger partial charge in [-0.05, 0) is 55.3 Å². The zero-order chi connectivity index (χ0) is 23.3. The average Bonchev–Trinajstić information content (AvgIpc) is 2.78. The van der Waals surface area contributed by atoms with Crippen LogP contribution < -0.4 is 15.0 Å².